The highest BCUT2D eigenvalue weighted by Gasteiger charge is 2.35. The second kappa shape index (κ2) is 10.2. The van der Waals surface area contributed by atoms with Gasteiger partial charge in [0.2, 0.25) is 5.91 Å². The summed E-state index contributed by atoms with van der Waals surface area (Å²) in [5.74, 6) is -0.0493. The number of likely N-dealkylation sites (tertiary alicyclic amines) is 1. The number of allylic oxidation sites excluding steroid dienone is 3. The Morgan fingerprint density at radius 3 is 2.90 bits per heavy atom. The first-order chi connectivity index (χ1) is 19.3. The summed E-state index contributed by atoms with van der Waals surface area (Å²) in [5, 5.41) is 6.34. The molecule has 3 aromatic rings. The van der Waals surface area contributed by atoms with Crippen LogP contribution in [0.3, 0.4) is 0 Å². The highest BCUT2D eigenvalue weighted by molar-refractivity contribution is 7.21. The molecule has 4 heterocycles. The van der Waals surface area contributed by atoms with Crippen molar-refractivity contribution in [1.82, 2.24) is 15.2 Å². The molecule has 2 atom stereocenters. The van der Waals surface area contributed by atoms with E-state index in [0.717, 1.165) is 24.2 Å². The van der Waals surface area contributed by atoms with Crippen LogP contribution in [0, 0.1) is 11.7 Å². The second-order valence-corrected chi connectivity index (χ2v) is 10.8. The predicted octanol–water partition coefficient (Wildman–Crippen LogP) is 5.49. The highest BCUT2D eigenvalue weighted by atomic mass is 32.1. The number of ether oxygens (including phenoxy) is 1. The van der Waals surface area contributed by atoms with E-state index in [4.69, 9.17) is 4.74 Å². The summed E-state index contributed by atoms with van der Waals surface area (Å²) >= 11 is 1.15. The molecule has 9 nitrogen and oxygen atoms in total. The van der Waals surface area contributed by atoms with Crippen LogP contribution < -0.4 is 20.3 Å². The lowest BCUT2D eigenvalue weighted by Crippen LogP contribution is -2.49. The molecule has 204 valence electrons. The lowest BCUT2D eigenvalue weighted by Gasteiger charge is -2.32. The Labute approximate surface area is 233 Å². The number of nitrogens with one attached hydrogen (secondary N) is 2. The fraction of sp³-hybridized carbons (Fsp3) is 0.241. The van der Waals surface area contributed by atoms with E-state index in [2.05, 4.69) is 22.2 Å². The first-order valence-corrected chi connectivity index (χ1v) is 13.8. The van der Waals surface area contributed by atoms with Crippen molar-refractivity contribution in [2.75, 3.05) is 23.3 Å². The van der Waals surface area contributed by atoms with Gasteiger partial charge in [-0.15, -0.1) is 11.3 Å². The summed E-state index contributed by atoms with van der Waals surface area (Å²) in [7, 11) is 0. The zero-order valence-corrected chi connectivity index (χ0v) is 22.5. The number of urea groups is 1. The topological polar surface area (TPSA) is 104 Å². The molecule has 6 rings (SSSR count). The monoisotopic (exact) mass is 559 g/mol. The van der Waals surface area contributed by atoms with Gasteiger partial charge in [-0.25, -0.2) is 14.2 Å². The zero-order valence-electron chi connectivity index (χ0n) is 21.6. The number of thiophene rings is 1. The Bertz CT molecular complexity index is 1630. The standard InChI is InChI=1S/C29H26FN5O4S/c1-3-23(36)34-13-5-7-17(15-34)32-27(37)26-25-24-21(11-12-31-28(24)40-26)35(29(38)33-25)20-10-9-18(14-19(20)30)39-22-8-4-6-16(22)2/h3-4,6,8-12,14,16-17H,1,5,7,13,15H2,2H3,(H,32,37)(H,33,38). The van der Waals surface area contributed by atoms with Gasteiger partial charge in [0.25, 0.3) is 5.91 Å². The first-order valence-electron chi connectivity index (χ1n) is 12.9. The number of nitrogens with zero attached hydrogens (tertiary/aromatic N) is 3. The maximum Gasteiger partial charge on any atom is 0.331 e. The lowest BCUT2D eigenvalue weighted by atomic mass is 10.1. The number of amides is 4. The summed E-state index contributed by atoms with van der Waals surface area (Å²) in [6, 6.07) is 5.15. The largest absolute Gasteiger partial charge is 0.461 e. The average Bonchev–Trinajstić information content (AvgIpc) is 3.53. The third kappa shape index (κ3) is 4.51. The Morgan fingerprint density at radius 1 is 1.30 bits per heavy atom. The van der Waals surface area contributed by atoms with Gasteiger partial charge in [-0.3, -0.25) is 14.5 Å². The van der Waals surface area contributed by atoms with E-state index < -0.39 is 11.8 Å². The molecule has 1 aromatic carbocycles. The number of hydrogen-bond acceptors (Lipinski definition) is 6. The molecular weight excluding hydrogens is 533 g/mol. The van der Waals surface area contributed by atoms with Gasteiger partial charge in [0.1, 0.15) is 21.2 Å². The van der Waals surface area contributed by atoms with Crippen LogP contribution in [0.4, 0.5) is 26.2 Å². The molecule has 0 bridgehead atoms. The number of piperidine rings is 1. The number of carbonyl (C=O) groups excluding carboxylic acids is 3. The molecule has 11 heteroatoms. The molecule has 0 saturated carbocycles. The van der Waals surface area contributed by atoms with Gasteiger partial charge in [-0.05, 0) is 43.2 Å². The first kappa shape index (κ1) is 25.8. The Morgan fingerprint density at radius 2 is 2.15 bits per heavy atom. The van der Waals surface area contributed by atoms with Crippen LogP contribution in [0.25, 0.3) is 10.2 Å². The van der Waals surface area contributed by atoms with E-state index in [1.165, 1.54) is 29.3 Å². The lowest BCUT2D eigenvalue weighted by molar-refractivity contribution is -0.127. The normalized spacial score (nSPS) is 19.9. The van der Waals surface area contributed by atoms with Crippen molar-refractivity contribution >= 4 is 56.5 Å². The van der Waals surface area contributed by atoms with Crippen LogP contribution in [0.1, 0.15) is 29.4 Å². The quantitative estimate of drug-likeness (QED) is 0.389. The summed E-state index contributed by atoms with van der Waals surface area (Å²) in [4.78, 5) is 46.9. The van der Waals surface area contributed by atoms with Crippen molar-refractivity contribution in [3.63, 3.8) is 0 Å². The average molecular weight is 560 g/mol. The van der Waals surface area contributed by atoms with Crippen molar-refractivity contribution in [1.29, 1.82) is 0 Å². The number of hydrogen-bond donors (Lipinski definition) is 2. The van der Waals surface area contributed by atoms with Crippen LogP contribution in [0.2, 0.25) is 0 Å². The molecule has 3 aliphatic rings. The Balaban J connectivity index is 1.29. The molecule has 0 spiro atoms. The van der Waals surface area contributed by atoms with Crippen LogP contribution in [0.5, 0.6) is 5.75 Å². The molecule has 0 radical (unpaired) electrons. The SMILES string of the molecule is C=CC(=O)N1CCCC(NC(=O)c2sc3nccc4c3c2NC(=O)N4c2ccc(OC3=CC=CC3C)cc2F)C1. The van der Waals surface area contributed by atoms with Crippen molar-refractivity contribution in [3.05, 3.63) is 77.8 Å². The maximum atomic E-state index is 15.4. The van der Waals surface area contributed by atoms with Crippen molar-refractivity contribution < 1.29 is 23.5 Å². The van der Waals surface area contributed by atoms with E-state index in [9.17, 15) is 14.4 Å². The van der Waals surface area contributed by atoms with Gasteiger partial charge in [-0.1, -0.05) is 25.7 Å². The minimum absolute atomic E-state index is 0.0426. The molecule has 2 unspecified atom stereocenters. The minimum Gasteiger partial charge on any atom is -0.461 e. The van der Waals surface area contributed by atoms with E-state index in [1.54, 1.807) is 17.0 Å². The maximum absolute atomic E-state index is 15.4. The Kier molecular flexibility index (Phi) is 6.59. The van der Waals surface area contributed by atoms with Crippen molar-refractivity contribution in [2.24, 2.45) is 5.92 Å². The van der Waals surface area contributed by atoms with Crippen molar-refractivity contribution in [3.8, 4) is 5.75 Å². The predicted molar refractivity (Wildman–Crippen MR) is 151 cm³/mol. The van der Waals surface area contributed by atoms with Gasteiger partial charge in [0.05, 0.1) is 22.4 Å². The number of pyridine rings is 1. The van der Waals surface area contributed by atoms with Gasteiger partial charge in [0, 0.05) is 37.3 Å². The van der Waals surface area contributed by atoms with Gasteiger partial charge < -0.3 is 20.3 Å². The summed E-state index contributed by atoms with van der Waals surface area (Å²) in [5.41, 5.74) is 0.802. The fourth-order valence-corrected chi connectivity index (χ4v) is 6.24. The number of halogens is 1. The molecule has 2 N–H and O–H groups in total. The molecule has 2 aromatic heterocycles. The molecule has 4 amide bonds. The summed E-state index contributed by atoms with van der Waals surface area (Å²) in [6.45, 7) is 6.51. The number of benzene rings is 1. The van der Waals surface area contributed by atoms with E-state index >= 15 is 4.39 Å². The minimum atomic E-state index is -0.635. The zero-order chi connectivity index (χ0) is 28.0. The summed E-state index contributed by atoms with van der Waals surface area (Å²) < 4.78 is 21.2. The van der Waals surface area contributed by atoms with E-state index in [-0.39, 0.29) is 29.5 Å². The number of anilines is 3. The van der Waals surface area contributed by atoms with Crippen LogP contribution in [-0.4, -0.2) is 46.9 Å². The number of carbonyl (C=O) groups is 3. The van der Waals surface area contributed by atoms with Gasteiger partial charge in [-0.2, -0.15) is 0 Å². The van der Waals surface area contributed by atoms with Gasteiger partial charge in [0.15, 0.2) is 5.82 Å². The Hall–Kier alpha value is -4.51. The third-order valence-electron chi connectivity index (χ3n) is 7.20. The highest BCUT2D eigenvalue weighted by Crippen LogP contribution is 2.46. The van der Waals surface area contributed by atoms with E-state index in [0.29, 0.717) is 51.1 Å². The molecular formula is C29H26FN5O4S. The second-order valence-electron chi connectivity index (χ2n) is 9.84. The van der Waals surface area contributed by atoms with Crippen LogP contribution in [-0.2, 0) is 4.79 Å². The third-order valence-corrected chi connectivity index (χ3v) is 8.30. The van der Waals surface area contributed by atoms with Gasteiger partial charge >= 0.3 is 6.03 Å². The molecule has 1 saturated heterocycles. The number of rotatable bonds is 6. The number of aromatic nitrogens is 1. The van der Waals surface area contributed by atoms with E-state index in [1.807, 2.05) is 25.2 Å². The summed E-state index contributed by atoms with van der Waals surface area (Å²) in [6.07, 6.45) is 9.97. The molecule has 1 aliphatic carbocycles. The smallest absolute Gasteiger partial charge is 0.331 e. The molecule has 2 aliphatic heterocycles. The molecule has 1 fully saturated rings. The van der Waals surface area contributed by atoms with Crippen LogP contribution >= 0.6 is 11.3 Å². The van der Waals surface area contributed by atoms with Crippen molar-refractivity contribution in [2.45, 2.75) is 25.8 Å². The fourth-order valence-electron chi connectivity index (χ4n) is 5.22. The van der Waals surface area contributed by atoms with Crippen LogP contribution in [0.15, 0.2) is 67.1 Å². The molecule has 40 heavy (non-hydrogen) atoms.